The molecule has 0 saturated heterocycles. The smallest absolute Gasteiger partial charge is 0.254 e. The number of ether oxygens (including phenoxy) is 3. The number of hydrogen-bond donors (Lipinski definition) is 0. The van der Waals surface area contributed by atoms with Gasteiger partial charge in [-0.05, 0) is 61.1 Å². The molecule has 0 aliphatic heterocycles. The number of hydrogen-bond acceptors (Lipinski definition) is 3. The Labute approximate surface area is 247 Å². The van der Waals surface area contributed by atoms with Crippen molar-refractivity contribution in [3.63, 3.8) is 0 Å². The molecule has 3 nitrogen and oxygen atoms in total. The van der Waals surface area contributed by atoms with Gasteiger partial charge in [-0.2, -0.15) is 13.2 Å². The molecule has 1 fully saturated rings. The Kier molecular flexibility index (Phi) is 10.8. The molecule has 1 aliphatic rings. The lowest BCUT2D eigenvalue weighted by Crippen LogP contribution is -2.33. The number of halogens is 7. The van der Waals surface area contributed by atoms with E-state index in [4.69, 9.17) is 14.2 Å². The maximum atomic E-state index is 14.6. The van der Waals surface area contributed by atoms with Crippen LogP contribution in [0.3, 0.4) is 0 Å². The SMILES string of the molecule is CCOc1ccc(-c2ccc(CC(F)COc3ccc(OCCC(F)(F)C4CCC(C)CC4)c(F)c3F)cc2)c(F)c1F. The largest absolute Gasteiger partial charge is 0.491 e. The van der Waals surface area contributed by atoms with Gasteiger partial charge >= 0.3 is 0 Å². The van der Waals surface area contributed by atoms with Crippen LogP contribution >= 0.6 is 0 Å². The van der Waals surface area contributed by atoms with Gasteiger partial charge < -0.3 is 14.2 Å². The Hall–Kier alpha value is -3.43. The van der Waals surface area contributed by atoms with Crippen molar-refractivity contribution >= 4 is 0 Å². The lowest BCUT2D eigenvalue weighted by atomic mass is 9.79. The van der Waals surface area contributed by atoms with Gasteiger partial charge in [0.25, 0.3) is 5.92 Å². The van der Waals surface area contributed by atoms with Crippen molar-refractivity contribution in [3.8, 4) is 28.4 Å². The normalized spacial score (nSPS) is 17.9. The maximum absolute atomic E-state index is 14.6. The van der Waals surface area contributed by atoms with E-state index in [1.807, 2.05) is 6.92 Å². The van der Waals surface area contributed by atoms with Crippen molar-refractivity contribution in [2.45, 2.75) is 64.5 Å². The second kappa shape index (κ2) is 14.4. The highest BCUT2D eigenvalue weighted by molar-refractivity contribution is 5.65. The quantitative estimate of drug-likeness (QED) is 0.180. The zero-order valence-electron chi connectivity index (χ0n) is 24.1. The van der Waals surface area contributed by atoms with Gasteiger partial charge in [-0.25, -0.2) is 17.6 Å². The average molecular weight is 613 g/mol. The van der Waals surface area contributed by atoms with Crippen LogP contribution in [0.1, 0.15) is 51.5 Å². The third-order valence-electron chi connectivity index (χ3n) is 7.81. The van der Waals surface area contributed by atoms with Crippen LogP contribution in [0.2, 0.25) is 0 Å². The molecular formula is C33H35F7O3. The van der Waals surface area contributed by atoms with E-state index in [1.54, 1.807) is 19.1 Å². The molecule has 3 aromatic rings. The number of alkyl halides is 3. The molecule has 0 spiro atoms. The predicted molar refractivity (Wildman–Crippen MR) is 150 cm³/mol. The highest BCUT2D eigenvalue weighted by atomic mass is 19.3. The fourth-order valence-corrected chi connectivity index (χ4v) is 5.26. The Bertz CT molecular complexity index is 1360. The van der Waals surface area contributed by atoms with E-state index in [0.29, 0.717) is 29.9 Å². The Morgan fingerprint density at radius 2 is 1.30 bits per heavy atom. The van der Waals surface area contributed by atoms with Gasteiger partial charge in [-0.3, -0.25) is 0 Å². The fourth-order valence-electron chi connectivity index (χ4n) is 5.26. The maximum Gasteiger partial charge on any atom is 0.254 e. The van der Waals surface area contributed by atoms with Crippen LogP contribution in [0.5, 0.6) is 17.2 Å². The summed E-state index contributed by atoms with van der Waals surface area (Å²) in [5.41, 5.74) is 0.911. The summed E-state index contributed by atoms with van der Waals surface area (Å²) in [5, 5.41) is 0. The van der Waals surface area contributed by atoms with Crippen molar-refractivity contribution in [1.29, 1.82) is 0 Å². The molecule has 0 N–H and O–H groups in total. The van der Waals surface area contributed by atoms with E-state index in [9.17, 15) is 30.7 Å². The molecule has 0 radical (unpaired) electrons. The summed E-state index contributed by atoms with van der Waals surface area (Å²) < 4.78 is 117. The molecule has 1 atom stereocenters. The molecule has 1 unspecified atom stereocenters. The molecule has 1 aliphatic carbocycles. The summed E-state index contributed by atoms with van der Waals surface area (Å²) >= 11 is 0. The minimum Gasteiger partial charge on any atom is -0.491 e. The molecule has 0 heterocycles. The second-order valence-electron chi connectivity index (χ2n) is 11.0. The molecular weight excluding hydrogens is 577 g/mol. The first-order valence-electron chi connectivity index (χ1n) is 14.5. The average Bonchev–Trinajstić information content (AvgIpc) is 2.98. The Morgan fingerprint density at radius 3 is 1.93 bits per heavy atom. The zero-order valence-corrected chi connectivity index (χ0v) is 24.1. The fraction of sp³-hybridized carbons (Fsp3) is 0.455. The van der Waals surface area contributed by atoms with E-state index >= 15 is 0 Å². The summed E-state index contributed by atoms with van der Waals surface area (Å²) in [6.07, 6.45) is -0.0225. The third-order valence-corrected chi connectivity index (χ3v) is 7.81. The highest BCUT2D eigenvalue weighted by Gasteiger charge is 2.40. The highest BCUT2D eigenvalue weighted by Crippen LogP contribution is 2.40. The van der Waals surface area contributed by atoms with Crippen molar-refractivity contribution in [3.05, 3.63) is 77.4 Å². The van der Waals surface area contributed by atoms with Crippen LogP contribution in [-0.4, -0.2) is 31.9 Å². The molecule has 43 heavy (non-hydrogen) atoms. The number of benzene rings is 3. The van der Waals surface area contributed by atoms with Gasteiger partial charge in [0.05, 0.1) is 13.2 Å². The summed E-state index contributed by atoms with van der Waals surface area (Å²) in [7, 11) is 0. The van der Waals surface area contributed by atoms with E-state index in [1.165, 1.54) is 24.3 Å². The van der Waals surface area contributed by atoms with Gasteiger partial charge in [0, 0.05) is 24.3 Å². The minimum atomic E-state index is -2.96. The molecule has 0 bridgehead atoms. The summed E-state index contributed by atoms with van der Waals surface area (Å²) in [6, 6.07) is 10.9. The lowest BCUT2D eigenvalue weighted by molar-refractivity contribution is -0.0874. The topological polar surface area (TPSA) is 27.7 Å². The number of rotatable bonds is 13. The third kappa shape index (κ3) is 8.15. The molecule has 0 amide bonds. The summed E-state index contributed by atoms with van der Waals surface area (Å²) in [4.78, 5) is 0. The van der Waals surface area contributed by atoms with Gasteiger partial charge in [-0.1, -0.05) is 44.0 Å². The monoisotopic (exact) mass is 612 g/mol. The van der Waals surface area contributed by atoms with Gasteiger partial charge in [-0.15, -0.1) is 0 Å². The van der Waals surface area contributed by atoms with Crippen LogP contribution in [0.4, 0.5) is 30.7 Å². The van der Waals surface area contributed by atoms with Crippen LogP contribution in [0.15, 0.2) is 48.5 Å². The van der Waals surface area contributed by atoms with Crippen molar-refractivity contribution < 1.29 is 44.9 Å². The van der Waals surface area contributed by atoms with E-state index < -0.39 is 72.4 Å². The molecule has 0 aromatic heterocycles. The van der Waals surface area contributed by atoms with Gasteiger partial charge in [0.2, 0.25) is 17.5 Å². The van der Waals surface area contributed by atoms with Crippen molar-refractivity contribution in [1.82, 2.24) is 0 Å². The standard InChI is InChI=1S/C33H35F7O3/c1-3-41-26-13-12-25(29(35)30(26)36)22-8-6-21(7-9-22)18-24(34)19-43-28-15-14-27(31(37)32(28)38)42-17-16-33(39,40)23-10-4-20(2)5-11-23/h6-9,12-15,20,23-24H,3-5,10-11,16-19H2,1-2H3. The molecule has 3 aromatic carbocycles. The zero-order chi connectivity index (χ0) is 31.1. The predicted octanol–water partition coefficient (Wildman–Crippen LogP) is 9.50. The van der Waals surface area contributed by atoms with Crippen molar-refractivity contribution in [2.75, 3.05) is 19.8 Å². The van der Waals surface area contributed by atoms with Gasteiger partial charge in [0.1, 0.15) is 12.8 Å². The molecule has 10 heteroatoms. The first-order valence-corrected chi connectivity index (χ1v) is 14.5. The minimum absolute atomic E-state index is 0.0187. The first kappa shape index (κ1) is 32.5. The molecule has 1 saturated carbocycles. The van der Waals surface area contributed by atoms with Gasteiger partial charge in [0.15, 0.2) is 23.1 Å². The Morgan fingerprint density at radius 1 is 0.744 bits per heavy atom. The summed E-state index contributed by atoms with van der Waals surface area (Å²) in [6.45, 7) is 2.79. The van der Waals surface area contributed by atoms with Crippen molar-refractivity contribution in [2.24, 2.45) is 11.8 Å². The van der Waals surface area contributed by atoms with E-state index in [2.05, 4.69) is 0 Å². The van der Waals surface area contributed by atoms with E-state index in [0.717, 1.165) is 25.0 Å². The van der Waals surface area contributed by atoms with Crippen LogP contribution < -0.4 is 14.2 Å². The van der Waals surface area contributed by atoms with Crippen LogP contribution in [0, 0.1) is 35.1 Å². The van der Waals surface area contributed by atoms with E-state index in [-0.39, 0.29) is 24.3 Å². The lowest BCUT2D eigenvalue weighted by Gasteiger charge is -2.32. The molecule has 4 rings (SSSR count). The van der Waals surface area contributed by atoms with Crippen LogP contribution in [-0.2, 0) is 6.42 Å². The second-order valence-corrected chi connectivity index (χ2v) is 11.0. The van der Waals surface area contributed by atoms with Crippen LogP contribution in [0.25, 0.3) is 11.1 Å². The first-order chi connectivity index (χ1) is 20.5. The Balaban J connectivity index is 1.28. The molecule has 234 valence electrons. The summed E-state index contributed by atoms with van der Waals surface area (Å²) in [5.74, 6) is -9.52.